The number of hydrogen-bond donors (Lipinski definition) is 2. The Morgan fingerprint density at radius 3 is 1.95 bits per heavy atom. The molecule has 2 atom stereocenters. The first-order chi connectivity index (χ1) is 9.74. The summed E-state index contributed by atoms with van der Waals surface area (Å²) in [7, 11) is 4.12. The summed E-state index contributed by atoms with van der Waals surface area (Å²) >= 11 is 0. The van der Waals surface area contributed by atoms with E-state index in [-0.39, 0.29) is 17.1 Å². The van der Waals surface area contributed by atoms with Crippen LogP contribution in [0.5, 0.6) is 17.2 Å². The van der Waals surface area contributed by atoms with Crippen molar-refractivity contribution in [1.29, 1.82) is 0 Å². The highest BCUT2D eigenvalue weighted by Gasteiger charge is 2.38. The number of benzene rings is 1. The molecule has 0 aliphatic rings. The lowest BCUT2D eigenvalue weighted by atomic mass is 10.0. The van der Waals surface area contributed by atoms with E-state index in [0.717, 1.165) is 0 Å². The first-order valence-corrected chi connectivity index (χ1v) is 6.04. The van der Waals surface area contributed by atoms with E-state index in [2.05, 4.69) is 0 Å². The summed E-state index contributed by atoms with van der Waals surface area (Å²) in [5, 5.41) is 9.99. The molecule has 0 saturated heterocycles. The van der Waals surface area contributed by atoms with E-state index in [1.807, 2.05) is 0 Å². The van der Waals surface area contributed by atoms with E-state index in [1.54, 1.807) is 0 Å². The van der Waals surface area contributed by atoms with Crippen LogP contribution in [0.3, 0.4) is 0 Å². The van der Waals surface area contributed by atoms with Gasteiger partial charge in [-0.2, -0.15) is 13.2 Å². The smallest absolute Gasteiger partial charge is 0.403 e. The number of methoxy groups -OCH3 is 3. The minimum atomic E-state index is -4.58. The van der Waals surface area contributed by atoms with Crippen LogP contribution in [0.15, 0.2) is 12.1 Å². The first-order valence-electron chi connectivity index (χ1n) is 6.04. The van der Waals surface area contributed by atoms with E-state index in [4.69, 9.17) is 19.9 Å². The number of nitrogens with two attached hydrogens (primary N) is 1. The molecule has 0 amide bonds. The molecule has 5 nitrogen and oxygen atoms in total. The summed E-state index contributed by atoms with van der Waals surface area (Å²) in [6.07, 6.45) is -6.71. The van der Waals surface area contributed by atoms with E-state index in [1.165, 1.54) is 33.5 Å². The van der Waals surface area contributed by atoms with Gasteiger partial charge in [-0.05, 0) is 6.07 Å². The van der Waals surface area contributed by atoms with Crippen LogP contribution >= 0.6 is 0 Å². The third-order valence-corrected chi connectivity index (χ3v) is 2.99. The highest BCUT2D eigenvalue weighted by atomic mass is 19.4. The number of alkyl halides is 3. The Kier molecular flexibility index (Phi) is 5.68. The van der Waals surface area contributed by atoms with Crippen LogP contribution in [0.4, 0.5) is 13.2 Å². The van der Waals surface area contributed by atoms with Gasteiger partial charge in [-0.1, -0.05) is 0 Å². The van der Waals surface area contributed by atoms with E-state index >= 15 is 0 Å². The average molecular weight is 309 g/mol. The minimum Gasteiger partial charge on any atom is -0.496 e. The normalized spacial score (nSPS) is 14.5. The van der Waals surface area contributed by atoms with Crippen LogP contribution in [0.25, 0.3) is 0 Å². The maximum absolute atomic E-state index is 12.5. The fourth-order valence-corrected chi connectivity index (χ4v) is 1.81. The topological polar surface area (TPSA) is 73.9 Å². The highest BCUT2D eigenvalue weighted by Crippen LogP contribution is 2.39. The summed E-state index contributed by atoms with van der Waals surface area (Å²) in [6, 6.07) is 0.660. The van der Waals surface area contributed by atoms with Crippen LogP contribution in [0, 0.1) is 0 Å². The van der Waals surface area contributed by atoms with Crippen LogP contribution in [0.1, 0.15) is 18.1 Å². The Morgan fingerprint density at radius 1 is 1.05 bits per heavy atom. The Labute approximate surface area is 120 Å². The van der Waals surface area contributed by atoms with Gasteiger partial charge in [-0.15, -0.1) is 0 Å². The fraction of sp³-hybridized carbons (Fsp3) is 0.538. The van der Waals surface area contributed by atoms with Gasteiger partial charge < -0.3 is 25.1 Å². The molecule has 0 radical (unpaired) electrons. The van der Waals surface area contributed by atoms with Gasteiger partial charge in [0.25, 0.3) is 0 Å². The van der Waals surface area contributed by atoms with E-state index in [9.17, 15) is 18.3 Å². The predicted molar refractivity (Wildman–Crippen MR) is 69.7 cm³/mol. The van der Waals surface area contributed by atoms with Crippen molar-refractivity contribution in [2.24, 2.45) is 5.73 Å². The van der Waals surface area contributed by atoms with Crippen molar-refractivity contribution in [1.82, 2.24) is 0 Å². The summed E-state index contributed by atoms with van der Waals surface area (Å²) < 4.78 is 52.5. The molecular weight excluding hydrogens is 291 g/mol. The molecule has 3 N–H and O–H groups in total. The summed E-state index contributed by atoms with van der Waals surface area (Å²) in [6.45, 7) is 0. The molecule has 8 heteroatoms. The number of aliphatic hydroxyl groups is 1. The molecule has 0 bridgehead atoms. The zero-order valence-electron chi connectivity index (χ0n) is 11.9. The van der Waals surface area contributed by atoms with E-state index < -0.39 is 24.7 Å². The Balaban J connectivity index is 3.10. The van der Waals surface area contributed by atoms with Crippen LogP contribution in [0.2, 0.25) is 0 Å². The van der Waals surface area contributed by atoms with Crippen molar-refractivity contribution in [3.63, 3.8) is 0 Å². The molecule has 1 rings (SSSR count). The minimum absolute atomic E-state index is 0.148. The van der Waals surface area contributed by atoms with Gasteiger partial charge in [0.05, 0.1) is 27.4 Å². The molecule has 1 aromatic rings. The van der Waals surface area contributed by atoms with Crippen molar-refractivity contribution < 1.29 is 32.5 Å². The van der Waals surface area contributed by atoms with Gasteiger partial charge in [0, 0.05) is 18.1 Å². The number of hydrogen-bond acceptors (Lipinski definition) is 5. The maximum atomic E-state index is 12.5. The Bertz CT molecular complexity index is 479. The fourth-order valence-electron chi connectivity index (χ4n) is 1.81. The Morgan fingerprint density at radius 2 is 1.52 bits per heavy atom. The lowest BCUT2D eigenvalue weighted by molar-refractivity contribution is -0.153. The second kappa shape index (κ2) is 6.86. The molecule has 0 aliphatic carbocycles. The molecule has 0 spiro atoms. The van der Waals surface area contributed by atoms with Crippen molar-refractivity contribution in [3.8, 4) is 17.2 Å². The first kappa shape index (κ1) is 17.4. The molecule has 120 valence electrons. The standard InChI is InChI=1S/C13H18F3NO4/c1-19-9-6-11(21-3)10(20-2)4-7(9)8(18)5-12(17)13(14,15)16/h4,6,8,12,18H,5,17H2,1-3H3/t8-,12-/m0/s1. The van der Waals surface area contributed by atoms with Gasteiger partial charge in [0.1, 0.15) is 11.8 Å². The maximum Gasteiger partial charge on any atom is 0.403 e. The lowest BCUT2D eigenvalue weighted by Gasteiger charge is -2.21. The van der Waals surface area contributed by atoms with Gasteiger partial charge in [0.15, 0.2) is 11.5 Å². The third-order valence-electron chi connectivity index (χ3n) is 2.99. The van der Waals surface area contributed by atoms with Crippen LogP contribution < -0.4 is 19.9 Å². The molecule has 1 aromatic carbocycles. The van der Waals surface area contributed by atoms with Crippen molar-refractivity contribution >= 4 is 0 Å². The van der Waals surface area contributed by atoms with E-state index in [0.29, 0.717) is 5.75 Å². The summed E-state index contributed by atoms with van der Waals surface area (Å²) in [4.78, 5) is 0. The molecule has 0 heterocycles. The second-order valence-electron chi connectivity index (χ2n) is 4.35. The van der Waals surface area contributed by atoms with Gasteiger partial charge in [0.2, 0.25) is 0 Å². The average Bonchev–Trinajstić information content (AvgIpc) is 2.44. The SMILES string of the molecule is COc1cc(OC)c([C@@H](O)C[C@H](N)C(F)(F)F)cc1OC. The quantitative estimate of drug-likeness (QED) is 0.841. The van der Waals surface area contributed by atoms with Crippen molar-refractivity contribution in [2.75, 3.05) is 21.3 Å². The molecular formula is C13H18F3NO4. The second-order valence-corrected chi connectivity index (χ2v) is 4.35. The summed E-state index contributed by atoms with van der Waals surface area (Å²) in [5.74, 6) is 0.799. The van der Waals surface area contributed by atoms with Crippen molar-refractivity contribution in [2.45, 2.75) is 24.7 Å². The molecule has 0 fully saturated rings. The predicted octanol–water partition coefficient (Wildman–Crippen LogP) is 2.03. The highest BCUT2D eigenvalue weighted by molar-refractivity contribution is 5.51. The van der Waals surface area contributed by atoms with Crippen LogP contribution in [-0.4, -0.2) is 38.7 Å². The van der Waals surface area contributed by atoms with Crippen LogP contribution in [-0.2, 0) is 0 Å². The summed E-state index contributed by atoms with van der Waals surface area (Å²) in [5.41, 5.74) is 5.17. The molecule has 21 heavy (non-hydrogen) atoms. The number of aliphatic hydroxyl groups excluding tert-OH is 1. The largest absolute Gasteiger partial charge is 0.496 e. The monoisotopic (exact) mass is 309 g/mol. The number of rotatable bonds is 6. The van der Waals surface area contributed by atoms with Gasteiger partial charge >= 0.3 is 6.18 Å². The third kappa shape index (κ3) is 4.15. The molecule has 0 aliphatic heterocycles. The lowest BCUT2D eigenvalue weighted by Crippen LogP contribution is -2.38. The van der Waals surface area contributed by atoms with Gasteiger partial charge in [-0.25, -0.2) is 0 Å². The molecule has 0 saturated carbocycles. The molecule has 0 unspecified atom stereocenters. The zero-order valence-corrected chi connectivity index (χ0v) is 11.9. The van der Waals surface area contributed by atoms with Gasteiger partial charge in [-0.3, -0.25) is 0 Å². The molecule has 0 aromatic heterocycles. The number of halogens is 3. The zero-order chi connectivity index (χ0) is 16.2. The number of ether oxygens (including phenoxy) is 3. The van der Waals surface area contributed by atoms with Crippen molar-refractivity contribution in [3.05, 3.63) is 17.7 Å². The Hall–Kier alpha value is -1.67.